The van der Waals surface area contributed by atoms with Crippen LogP contribution < -0.4 is 5.32 Å². The first-order valence-corrected chi connectivity index (χ1v) is 8.04. The third kappa shape index (κ3) is 5.29. The first-order chi connectivity index (χ1) is 11.0. The number of nitrogens with zero attached hydrogens (tertiary/aromatic N) is 5. The number of thioether (sulfide) groups is 1. The van der Waals surface area contributed by atoms with Crippen LogP contribution in [0.2, 0.25) is 0 Å². The maximum atomic E-state index is 13.5. The van der Waals surface area contributed by atoms with E-state index >= 15 is 0 Å². The summed E-state index contributed by atoms with van der Waals surface area (Å²) in [4.78, 5) is 14.0. The van der Waals surface area contributed by atoms with Crippen molar-refractivity contribution in [3.05, 3.63) is 29.6 Å². The zero-order valence-electron chi connectivity index (χ0n) is 13.3. The number of amides is 1. The van der Waals surface area contributed by atoms with Gasteiger partial charge in [0.15, 0.2) is 0 Å². The lowest BCUT2D eigenvalue weighted by molar-refractivity contribution is -0.113. The molecule has 23 heavy (non-hydrogen) atoms. The van der Waals surface area contributed by atoms with Crippen molar-refractivity contribution < 1.29 is 9.18 Å². The van der Waals surface area contributed by atoms with Crippen molar-refractivity contribution in [3.8, 4) is 0 Å². The van der Waals surface area contributed by atoms with Crippen LogP contribution in [0.15, 0.2) is 23.4 Å². The molecule has 0 radical (unpaired) electrons. The molecule has 1 amide bonds. The predicted molar refractivity (Wildman–Crippen MR) is 86.9 cm³/mol. The van der Waals surface area contributed by atoms with E-state index < -0.39 is 0 Å². The van der Waals surface area contributed by atoms with Gasteiger partial charge in [0.25, 0.3) is 0 Å². The number of nitrogens with one attached hydrogen (secondary N) is 1. The Bertz CT molecular complexity index is 675. The van der Waals surface area contributed by atoms with Crippen LogP contribution in [0.1, 0.15) is 5.56 Å². The van der Waals surface area contributed by atoms with E-state index in [0.29, 0.717) is 23.0 Å². The molecule has 1 aromatic carbocycles. The summed E-state index contributed by atoms with van der Waals surface area (Å²) >= 11 is 1.24. The van der Waals surface area contributed by atoms with E-state index in [-0.39, 0.29) is 17.5 Å². The second-order valence-corrected chi connectivity index (χ2v) is 6.23. The molecule has 0 atom stereocenters. The van der Waals surface area contributed by atoms with Crippen LogP contribution in [0.3, 0.4) is 0 Å². The molecule has 0 saturated carbocycles. The average molecular weight is 338 g/mol. The molecule has 0 aliphatic rings. The first-order valence-electron chi connectivity index (χ1n) is 7.05. The van der Waals surface area contributed by atoms with Crippen LogP contribution in [0, 0.1) is 12.7 Å². The summed E-state index contributed by atoms with van der Waals surface area (Å²) in [6.07, 6.45) is 0. The highest BCUT2D eigenvalue weighted by Crippen LogP contribution is 2.16. The van der Waals surface area contributed by atoms with Gasteiger partial charge in [-0.25, -0.2) is 9.07 Å². The van der Waals surface area contributed by atoms with Gasteiger partial charge in [0.05, 0.1) is 12.3 Å². The maximum Gasteiger partial charge on any atom is 0.234 e. The third-order valence-electron chi connectivity index (χ3n) is 3.05. The van der Waals surface area contributed by atoms with Gasteiger partial charge in [-0.1, -0.05) is 17.8 Å². The van der Waals surface area contributed by atoms with Gasteiger partial charge < -0.3 is 10.2 Å². The number of carbonyl (C=O) groups excluding carboxylic acids is 1. The molecule has 0 unspecified atom stereocenters. The van der Waals surface area contributed by atoms with Gasteiger partial charge in [-0.2, -0.15) is 0 Å². The van der Waals surface area contributed by atoms with Crippen LogP contribution >= 0.6 is 11.8 Å². The topological polar surface area (TPSA) is 75.9 Å². The number of rotatable bonds is 7. The Kier molecular flexibility index (Phi) is 6.05. The molecule has 1 aromatic heterocycles. The smallest absolute Gasteiger partial charge is 0.234 e. The number of aryl methyl sites for hydroxylation is 1. The zero-order chi connectivity index (χ0) is 16.8. The van der Waals surface area contributed by atoms with Crippen molar-refractivity contribution in [2.45, 2.75) is 18.6 Å². The molecule has 0 aliphatic heterocycles. The minimum atomic E-state index is -0.344. The van der Waals surface area contributed by atoms with E-state index in [1.807, 2.05) is 19.0 Å². The van der Waals surface area contributed by atoms with Gasteiger partial charge in [0, 0.05) is 12.2 Å². The van der Waals surface area contributed by atoms with Gasteiger partial charge in [0.2, 0.25) is 11.1 Å². The van der Waals surface area contributed by atoms with Gasteiger partial charge in [-0.3, -0.25) is 4.79 Å². The normalized spacial score (nSPS) is 11.0. The Morgan fingerprint density at radius 2 is 2.22 bits per heavy atom. The van der Waals surface area contributed by atoms with E-state index in [4.69, 9.17) is 0 Å². The fourth-order valence-corrected chi connectivity index (χ4v) is 2.44. The molecule has 0 aliphatic carbocycles. The number of likely N-dealkylation sites (N-methyl/N-ethyl adjacent to an activating group) is 1. The summed E-state index contributed by atoms with van der Waals surface area (Å²) in [5.74, 6) is -0.429. The van der Waals surface area contributed by atoms with Crippen molar-refractivity contribution in [2.24, 2.45) is 0 Å². The van der Waals surface area contributed by atoms with Crippen molar-refractivity contribution in [2.75, 3.05) is 31.7 Å². The number of anilines is 1. The molecule has 0 saturated heterocycles. The molecule has 2 rings (SSSR count). The highest BCUT2D eigenvalue weighted by atomic mass is 32.2. The van der Waals surface area contributed by atoms with E-state index in [9.17, 15) is 9.18 Å². The largest absolute Gasteiger partial charge is 0.325 e. The van der Waals surface area contributed by atoms with Crippen molar-refractivity contribution in [1.82, 2.24) is 25.1 Å². The van der Waals surface area contributed by atoms with Crippen LogP contribution in [0.25, 0.3) is 0 Å². The monoisotopic (exact) mass is 338 g/mol. The molecule has 0 fully saturated rings. The zero-order valence-corrected chi connectivity index (χ0v) is 14.1. The van der Waals surface area contributed by atoms with Gasteiger partial charge >= 0.3 is 0 Å². The Labute approximate surface area is 138 Å². The molecular formula is C14H19FN6OS. The number of tetrazole rings is 1. The number of carbonyl (C=O) groups is 1. The van der Waals surface area contributed by atoms with Gasteiger partial charge in [0.1, 0.15) is 5.82 Å². The molecule has 1 N–H and O–H groups in total. The standard InChI is InChI=1S/C14H19FN6OS/c1-10-4-5-11(8-12(10)15)16-13(22)9-23-14-17-18-19-21(14)7-6-20(2)3/h4-5,8H,6-7,9H2,1-3H3,(H,16,22). The summed E-state index contributed by atoms with van der Waals surface area (Å²) in [6.45, 7) is 3.12. The second-order valence-electron chi connectivity index (χ2n) is 5.29. The number of hydrogen-bond donors (Lipinski definition) is 1. The minimum absolute atomic E-state index is 0.151. The molecular weight excluding hydrogens is 319 g/mol. The molecule has 9 heteroatoms. The molecule has 1 heterocycles. The van der Waals surface area contributed by atoms with E-state index in [0.717, 1.165) is 6.54 Å². The van der Waals surface area contributed by atoms with Gasteiger partial charge in [-0.05, 0) is 49.1 Å². The molecule has 0 spiro atoms. The van der Waals surface area contributed by atoms with Crippen LogP contribution in [-0.4, -0.2) is 57.4 Å². The lowest BCUT2D eigenvalue weighted by Gasteiger charge is -2.10. The summed E-state index contributed by atoms with van der Waals surface area (Å²) in [5.41, 5.74) is 0.975. The number of halogens is 1. The second kappa shape index (κ2) is 8.02. The Hall–Kier alpha value is -2.00. The Morgan fingerprint density at radius 1 is 1.43 bits per heavy atom. The Morgan fingerprint density at radius 3 is 2.91 bits per heavy atom. The first kappa shape index (κ1) is 17.4. The third-order valence-corrected chi connectivity index (χ3v) is 4.00. The lowest BCUT2D eigenvalue weighted by atomic mass is 10.2. The quantitative estimate of drug-likeness (QED) is 0.770. The van der Waals surface area contributed by atoms with E-state index in [1.165, 1.54) is 17.8 Å². The maximum absolute atomic E-state index is 13.5. The number of benzene rings is 1. The molecule has 7 nitrogen and oxygen atoms in total. The molecule has 0 bridgehead atoms. The van der Waals surface area contributed by atoms with Crippen molar-refractivity contribution >= 4 is 23.4 Å². The fourth-order valence-electron chi connectivity index (χ4n) is 1.73. The summed E-state index contributed by atoms with van der Waals surface area (Å²) < 4.78 is 15.1. The van der Waals surface area contributed by atoms with Crippen LogP contribution in [-0.2, 0) is 11.3 Å². The van der Waals surface area contributed by atoms with E-state index in [1.54, 1.807) is 23.7 Å². The highest BCUT2D eigenvalue weighted by Gasteiger charge is 2.11. The predicted octanol–water partition coefficient (Wildman–Crippen LogP) is 1.41. The fraction of sp³-hybridized carbons (Fsp3) is 0.429. The number of aromatic nitrogens is 4. The van der Waals surface area contributed by atoms with Crippen molar-refractivity contribution in [1.29, 1.82) is 0 Å². The summed E-state index contributed by atoms with van der Waals surface area (Å²) in [5, 5.41) is 14.7. The lowest BCUT2D eigenvalue weighted by Crippen LogP contribution is -2.20. The minimum Gasteiger partial charge on any atom is -0.325 e. The molecule has 124 valence electrons. The number of hydrogen-bond acceptors (Lipinski definition) is 6. The van der Waals surface area contributed by atoms with Crippen LogP contribution in [0.4, 0.5) is 10.1 Å². The SMILES string of the molecule is Cc1ccc(NC(=O)CSc2nnnn2CCN(C)C)cc1F. The van der Waals surface area contributed by atoms with Gasteiger partial charge in [-0.15, -0.1) is 5.10 Å². The Balaban J connectivity index is 1.87. The van der Waals surface area contributed by atoms with E-state index in [2.05, 4.69) is 20.8 Å². The summed E-state index contributed by atoms with van der Waals surface area (Å²) in [7, 11) is 3.93. The molecule has 2 aromatic rings. The van der Waals surface area contributed by atoms with Crippen LogP contribution in [0.5, 0.6) is 0 Å². The average Bonchev–Trinajstić information content (AvgIpc) is 2.94. The summed E-state index contributed by atoms with van der Waals surface area (Å²) in [6, 6.07) is 4.60. The highest BCUT2D eigenvalue weighted by molar-refractivity contribution is 7.99. The van der Waals surface area contributed by atoms with Crippen molar-refractivity contribution in [3.63, 3.8) is 0 Å².